The Balaban J connectivity index is 1.19. The van der Waals surface area contributed by atoms with Crippen LogP contribution in [0.4, 0.5) is 10.1 Å². The van der Waals surface area contributed by atoms with Gasteiger partial charge in [0, 0.05) is 25.1 Å². The highest BCUT2D eigenvalue weighted by Gasteiger charge is 2.67. The molecule has 2 saturated carbocycles. The van der Waals surface area contributed by atoms with Gasteiger partial charge < -0.3 is 21.7 Å². The average Bonchev–Trinajstić information content (AvgIpc) is 3.09. The lowest BCUT2D eigenvalue weighted by Crippen LogP contribution is -2.53. The second-order valence-corrected chi connectivity index (χ2v) is 9.55. The van der Waals surface area contributed by atoms with Crippen molar-refractivity contribution < 1.29 is 14.0 Å². The summed E-state index contributed by atoms with van der Waals surface area (Å²) in [4.78, 5) is 23.9. The lowest BCUT2D eigenvalue weighted by Gasteiger charge is -2.24. The molecule has 6 nitrogen and oxygen atoms in total. The number of hydrogen-bond acceptors (Lipinski definition) is 4. The van der Waals surface area contributed by atoms with Crippen molar-refractivity contribution in [1.82, 2.24) is 10.6 Å². The number of nitrogens with two attached hydrogens (primary N) is 1. The highest BCUT2D eigenvalue weighted by Crippen LogP contribution is 2.64. The van der Waals surface area contributed by atoms with Gasteiger partial charge in [0.2, 0.25) is 11.8 Å². The van der Waals surface area contributed by atoms with Crippen molar-refractivity contribution in [2.24, 2.45) is 29.4 Å². The van der Waals surface area contributed by atoms with E-state index in [1.165, 1.54) is 13.0 Å². The first-order chi connectivity index (χ1) is 15.3. The fourth-order valence-electron chi connectivity index (χ4n) is 6.01. The maximum Gasteiger partial charge on any atom is 0.238 e. The summed E-state index contributed by atoms with van der Waals surface area (Å²) < 4.78 is 14.8. The van der Waals surface area contributed by atoms with E-state index in [2.05, 4.69) is 22.9 Å². The SMILES string of the molecule is CC(=O)Nc1ccc(-c2ccc(CC(N)NC(=O)C3NC4CC3C3C(C)C43)c(F)c2)cc1. The van der Waals surface area contributed by atoms with Gasteiger partial charge in [-0.25, -0.2) is 4.39 Å². The molecule has 3 aliphatic rings. The van der Waals surface area contributed by atoms with Crippen molar-refractivity contribution in [1.29, 1.82) is 0 Å². The zero-order chi connectivity index (χ0) is 22.6. The van der Waals surface area contributed by atoms with Crippen LogP contribution in [0.5, 0.6) is 0 Å². The number of nitrogens with one attached hydrogen (secondary N) is 3. The van der Waals surface area contributed by atoms with Gasteiger partial charge in [0.1, 0.15) is 5.82 Å². The summed E-state index contributed by atoms with van der Waals surface area (Å²) in [5.74, 6) is 1.97. The first-order valence-electron chi connectivity index (χ1n) is 11.3. The molecule has 2 bridgehead atoms. The second-order valence-electron chi connectivity index (χ2n) is 9.55. The Labute approximate surface area is 187 Å². The van der Waals surface area contributed by atoms with Crippen molar-refractivity contribution in [2.45, 2.75) is 44.9 Å². The van der Waals surface area contributed by atoms with Crippen molar-refractivity contribution in [3.63, 3.8) is 0 Å². The van der Waals surface area contributed by atoms with Crippen LogP contribution in [0.25, 0.3) is 11.1 Å². The zero-order valence-electron chi connectivity index (χ0n) is 18.3. The number of fused-ring (bicyclic) bond motifs is 5. The lowest BCUT2D eigenvalue weighted by atomic mass is 9.94. The summed E-state index contributed by atoms with van der Waals surface area (Å²) in [5, 5.41) is 9.06. The summed E-state index contributed by atoms with van der Waals surface area (Å²) in [6, 6.07) is 12.5. The molecular formula is C25H29FN4O2. The smallest absolute Gasteiger partial charge is 0.238 e. The number of benzene rings is 2. The first kappa shape index (κ1) is 21.1. The molecule has 0 aromatic heterocycles. The molecule has 2 amide bonds. The third-order valence-corrected chi connectivity index (χ3v) is 7.47. The Hall–Kier alpha value is -2.77. The predicted molar refractivity (Wildman–Crippen MR) is 121 cm³/mol. The topological polar surface area (TPSA) is 96.2 Å². The molecule has 2 aromatic rings. The van der Waals surface area contributed by atoms with Crippen LogP contribution in [-0.2, 0) is 16.0 Å². The monoisotopic (exact) mass is 436 g/mol. The third kappa shape index (κ3) is 3.80. The molecular weight excluding hydrogens is 407 g/mol. The Morgan fingerprint density at radius 2 is 1.88 bits per heavy atom. The normalized spacial score (nSPS) is 30.5. The van der Waals surface area contributed by atoms with Crippen LogP contribution in [0.15, 0.2) is 42.5 Å². The van der Waals surface area contributed by atoms with Gasteiger partial charge in [-0.1, -0.05) is 31.2 Å². The number of anilines is 1. The van der Waals surface area contributed by atoms with Gasteiger partial charge in [-0.3, -0.25) is 9.59 Å². The number of amides is 2. The Morgan fingerprint density at radius 1 is 1.16 bits per heavy atom. The number of rotatable bonds is 6. The Morgan fingerprint density at radius 3 is 2.53 bits per heavy atom. The molecule has 1 saturated heterocycles. The molecule has 0 radical (unpaired) electrons. The Kier molecular flexibility index (Phi) is 5.26. The van der Waals surface area contributed by atoms with Crippen LogP contribution in [0.2, 0.25) is 0 Å². The highest BCUT2D eigenvalue weighted by molar-refractivity contribution is 5.89. The van der Waals surface area contributed by atoms with Crippen LogP contribution >= 0.6 is 0 Å². The van der Waals surface area contributed by atoms with E-state index in [9.17, 15) is 14.0 Å². The van der Waals surface area contributed by atoms with E-state index in [1.54, 1.807) is 18.2 Å². The van der Waals surface area contributed by atoms with E-state index in [0.29, 0.717) is 35.0 Å². The van der Waals surface area contributed by atoms with Crippen molar-refractivity contribution >= 4 is 17.5 Å². The van der Waals surface area contributed by atoms with E-state index in [1.807, 2.05) is 18.2 Å². The van der Waals surface area contributed by atoms with Crippen LogP contribution in [0.3, 0.4) is 0 Å². The quantitative estimate of drug-likeness (QED) is 0.524. The molecule has 7 atom stereocenters. The molecule has 2 aromatic carbocycles. The van der Waals surface area contributed by atoms with Crippen molar-refractivity contribution in [2.75, 3.05) is 5.32 Å². The van der Waals surface area contributed by atoms with E-state index in [0.717, 1.165) is 23.5 Å². The van der Waals surface area contributed by atoms with Gasteiger partial charge >= 0.3 is 0 Å². The molecule has 32 heavy (non-hydrogen) atoms. The van der Waals surface area contributed by atoms with Gasteiger partial charge in [-0.15, -0.1) is 0 Å². The van der Waals surface area contributed by atoms with E-state index >= 15 is 0 Å². The summed E-state index contributed by atoms with van der Waals surface area (Å²) in [7, 11) is 0. The number of carbonyl (C=O) groups is 2. The molecule has 3 fully saturated rings. The minimum absolute atomic E-state index is 0.0705. The molecule has 5 rings (SSSR count). The fraction of sp³-hybridized carbons (Fsp3) is 0.440. The minimum Gasteiger partial charge on any atom is -0.339 e. The Bertz CT molecular complexity index is 1050. The molecule has 5 N–H and O–H groups in total. The van der Waals surface area contributed by atoms with Gasteiger partial charge in [0.05, 0.1) is 12.2 Å². The van der Waals surface area contributed by atoms with Crippen molar-refractivity contribution in [3.8, 4) is 11.1 Å². The number of halogens is 1. The molecule has 168 valence electrons. The number of hydrogen-bond donors (Lipinski definition) is 4. The largest absolute Gasteiger partial charge is 0.339 e. The summed E-state index contributed by atoms with van der Waals surface area (Å²) in [5.41, 5.74) is 8.89. The highest BCUT2D eigenvalue weighted by atomic mass is 19.1. The predicted octanol–water partition coefficient (Wildman–Crippen LogP) is 2.64. The van der Waals surface area contributed by atoms with Crippen LogP contribution in [-0.4, -0.2) is 30.1 Å². The molecule has 1 heterocycles. The van der Waals surface area contributed by atoms with Gasteiger partial charge in [-0.2, -0.15) is 0 Å². The minimum atomic E-state index is -0.645. The molecule has 7 unspecified atom stereocenters. The lowest BCUT2D eigenvalue weighted by molar-refractivity contribution is -0.125. The first-order valence-corrected chi connectivity index (χ1v) is 11.3. The number of carbonyl (C=O) groups excluding carboxylic acids is 2. The van der Waals surface area contributed by atoms with E-state index in [-0.39, 0.29) is 30.1 Å². The van der Waals surface area contributed by atoms with Gasteiger partial charge in [0.15, 0.2) is 0 Å². The molecule has 0 spiro atoms. The second kappa shape index (κ2) is 7.98. The number of piperidine rings is 1. The van der Waals surface area contributed by atoms with Crippen molar-refractivity contribution in [3.05, 3.63) is 53.8 Å². The van der Waals surface area contributed by atoms with Gasteiger partial charge in [0.25, 0.3) is 0 Å². The summed E-state index contributed by atoms with van der Waals surface area (Å²) in [6.45, 7) is 3.72. The molecule has 2 aliphatic carbocycles. The fourth-order valence-corrected chi connectivity index (χ4v) is 6.01. The maximum atomic E-state index is 14.8. The van der Waals surface area contributed by atoms with Crippen LogP contribution in [0, 0.1) is 29.5 Å². The van der Waals surface area contributed by atoms with Gasteiger partial charge in [-0.05, 0) is 65.0 Å². The summed E-state index contributed by atoms with van der Waals surface area (Å²) >= 11 is 0. The standard InChI is InChI=1S/C25H29FN4O2/c1-12-22-18-11-20(23(12)22)29-24(18)25(32)30-21(27)10-16-4-3-15(9-19(16)26)14-5-7-17(8-6-14)28-13(2)31/h3-9,12,18,20-24,29H,10-11,27H2,1-2H3,(H,28,31)(H,30,32). The average molecular weight is 437 g/mol. The van der Waals surface area contributed by atoms with E-state index in [4.69, 9.17) is 5.73 Å². The van der Waals surface area contributed by atoms with Crippen LogP contribution in [0.1, 0.15) is 25.8 Å². The third-order valence-electron chi connectivity index (χ3n) is 7.47. The molecule has 7 heteroatoms. The van der Waals surface area contributed by atoms with Crippen LogP contribution < -0.4 is 21.7 Å². The van der Waals surface area contributed by atoms with E-state index < -0.39 is 6.17 Å². The maximum absolute atomic E-state index is 14.8. The summed E-state index contributed by atoms with van der Waals surface area (Å²) in [6.07, 6.45) is 0.658. The molecule has 1 aliphatic heterocycles. The zero-order valence-corrected chi connectivity index (χ0v) is 18.3.